The van der Waals surface area contributed by atoms with Gasteiger partial charge in [-0.3, -0.25) is 0 Å². The maximum atomic E-state index is 11.0. The fourth-order valence-corrected chi connectivity index (χ4v) is 3.17. The lowest BCUT2D eigenvalue weighted by Gasteiger charge is -2.17. The minimum Gasteiger partial charge on any atom is -0.234 e. The van der Waals surface area contributed by atoms with E-state index in [0.717, 1.165) is 17.3 Å². The lowest BCUT2D eigenvalue weighted by Crippen LogP contribution is -2.17. The third-order valence-corrected chi connectivity index (χ3v) is 4.30. The number of hydrogen-bond donors (Lipinski definition) is 1. The molecule has 0 spiro atoms. The van der Waals surface area contributed by atoms with Gasteiger partial charge >= 0.3 is 11.3 Å². The molecule has 0 bridgehead atoms. The Labute approximate surface area is 116 Å². The summed E-state index contributed by atoms with van der Waals surface area (Å²) in [5, 5.41) is 0. The summed E-state index contributed by atoms with van der Waals surface area (Å²) >= 11 is 2.00. The molecular formula is C12H11BrN2O2S. The van der Waals surface area contributed by atoms with Crippen molar-refractivity contribution < 1.29 is 8.49 Å². The zero-order chi connectivity index (χ0) is 12.5. The van der Waals surface area contributed by atoms with E-state index in [1.807, 2.05) is 6.07 Å². The normalized spacial score (nSPS) is 21.9. The second-order valence-corrected chi connectivity index (χ2v) is 5.87. The quantitative estimate of drug-likeness (QED) is 0.909. The van der Waals surface area contributed by atoms with Crippen molar-refractivity contribution in [1.29, 1.82) is 0 Å². The highest BCUT2D eigenvalue weighted by Crippen LogP contribution is 2.31. The third kappa shape index (κ3) is 2.41. The Morgan fingerprint density at radius 3 is 3.11 bits per heavy atom. The van der Waals surface area contributed by atoms with Crippen molar-refractivity contribution >= 4 is 39.1 Å². The van der Waals surface area contributed by atoms with Crippen LogP contribution in [0.1, 0.15) is 24.0 Å². The van der Waals surface area contributed by atoms with Gasteiger partial charge in [0.15, 0.2) is 0 Å². The van der Waals surface area contributed by atoms with Crippen LogP contribution < -0.4 is 5.48 Å². The second-order valence-electron chi connectivity index (χ2n) is 4.23. The monoisotopic (exact) mass is 326 g/mol. The van der Waals surface area contributed by atoms with E-state index in [-0.39, 0.29) is 0 Å². The van der Waals surface area contributed by atoms with Gasteiger partial charge in [-0.15, -0.1) is 4.40 Å². The van der Waals surface area contributed by atoms with E-state index in [9.17, 15) is 4.21 Å². The van der Waals surface area contributed by atoms with Crippen molar-refractivity contribution in [2.24, 2.45) is 4.40 Å². The molecule has 0 fully saturated rings. The maximum absolute atomic E-state index is 11.0. The van der Waals surface area contributed by atoms with Crippen LogP contribution in [0.25, 0.3) is 6.08 Å². The molecule has 0 amide bonds. The van der Waals surface area contributed by atoms with Crippen LogP contribution in [0.4, 0.5) is 0 Å². The topological polar surface area (TPSA) is 50.7 Å². The lowest BCUT2D eigenvalue weighted by atomic mass is 9.91. The Morgan fingerprint density at radius 1 is 1.44 bits per heavy atom. The van der Waals surface area contributed by atoms with E-state index in [2.05, 4.69) is 48.3 Å². The standard InChI is InChI=1S/C12H11BrN2O2S/c13-11-3-1-2-9-5-4-8(6-10(9)11)7-12-14-17-18(16)15-12/h1-3,6H,4-5,7H2,(H,14,15). The summed E-state index contributed by atoms with van der Waals surface area (Å²) < 4.78 is 20.6. The Morgan fingerprint density at radius 2 is 2.33 bits per heavy atom. The van der Waals surface area contributed by atoms with Gasteiger partial charge < -0.3 is 0 Å². The van der Waals surface area contributed by atoms with Crippen molar-refractivity contribution in [1.82, 2.24) is 5.48 Å². The van der Waals surface area contributed by atoms with Gasteiger partial charge in [-0.1, -0.05) is 39.7 Å². The van der Waals surface area contributed by atoms with Crippen LogP contribution in [-0.4, -0.2) is 10.0 Å². The zero-order valence-electron chi connectivity index (χ0n) is 9.48. The molecule has 0 aromatic heterocycles. The summed E-state index contributed by atoms with van der Waals surface area (Å²) in [6.07, 6.45) is 4.86. The van der Waals surface area contributed by atoms with Crippen molar-refractivity contribution in [3.63, 3.8) is 0 Å². The van der Waals surface area contributed by atoms with Crippen molar-refractivity contribution in [3.05, 3.63) is 39.4 Å². The Kier molecular flexibility index (Phi) is 3.32. The minimum absolute atomic E-state index is 0.634. The molecule has 1 aliphatic heterocycles. The molecule has 0 saturated heterocycles. The van der Waals surface area contributed by atoms with Gasteiger partial charge in [0.25, 0.3) is 0 Å². The molecule has 1 aliphatic carbocycles. The van der Waals surface area contributed by atoms with E-state index >= 15 is 0 Å². The zero-order valence-corrected chi connectivity index (χ0v) is 11.9. The number of amidine groups is 1. The van der Waals surface area contributed by atoms with Gasteiger partial charge in [0.05, 0.1) is 0 Å². The molecule has 18 heavy (non-hydrogen) atoms. The number of hydrogen-bond acceptors (Lipinski definition) is 3. The van der Waals surface area contributed by atoms with Crippen LogP contribution in [0.3, 0.4) is 0 Å². The molecular weight excluding hydrogens is 316 g/mol. The smallest absolute Gasteiger partial charge is 0.234 e. The highest BCUT2D eigenvalue weighted by molar-refractivity contribution is 9.10. The molecule has 6 heteroatoms. The number of hydroxylamine groups is 1. The van der Waals surface area contributed by atoms with Gasteiger partial charge in [0.1, 0.15) is 5.84 Å². The van der Waals surface area contributed by atoms with Crippen LogP contribution in [0.15, 0.2) is 32.6 Å². The maximum Gasteiger partial charge on any atom is 0.309 e. The second kappa shape index (κ2) is 4.95. The highest BCUT2D eigenvalue weighted by Gasteiger charge is 2.18. The molecule has 94 valence electrons. The van der Waals surface area contributed by atoms with Crippen molar-refractivity contribution in [3.8, 4) is 0 Å². The lowest BCUT2D eigenvalue weighted by molar-refractivity contribution is 0.303. The number of benzene rings is 1. The first kappa shape index (κ1) is 12.1. The SMILES string of the molecule is O=S1N=C(CC2=Cc3c(Br)cccc3CC2)NO1. The van der Waals surface area contributed by atoms with Crippen LogP contribution in [0, 0.1) is 0 Å². The largest absolute Gasteiger partial charge is 0.309 e. The third-order valence-electron chi connectivity index (χ3n) is 3.02. The Balaban J connectivity index is 1.85. The molecule has 1 aromatic rings. The number of rotatable bonds is 2. The van der Waals surface area contributed by atoms with Gasteiger partial charge in [-0.25, -0.2) is 9.69 Å². The van der Waals surface area contributed by atoms with E-state index in [4.69, 9.17) is 0 Å². The summed E-state index contributed by atoms with van der Waals surface area (Å²) in [7, 11) is 0. The van der Waals surface area contributed by atoms with Gasteiger partial charge in [0, 0.05) is 10.9 Å². The average Bonchev–Trinajstić information content (AvgIpc) is 2.76. The number of nitrogens with zero attached hydrogens (tertiary/aromatic N) is 1. The minimum atomic E-state index is -1.57. The molecule has 3 rings (SSSR count). The first-order valence-corrected chi connectivity index (χ1v) is 7.44. The number of nitrogens with one attached hydrogen (secondary N) is 1. The van der Waals surface area contributed by atoms with Gasteiger partial charge in [-0.05, 0) is 30.0 Å². The Hall–Kier alpha value is -0.980. The summed E-state index contributed by atoms with van der Waals surface area (Å²) in [4.78, 5) is 0. The summed E-state index contributed by atoms with van der Waals surface area (Å²) in [6.45, 7) is 0. The Bertz CT molecular complexity index is 583. The van der Waals surface area contributed by atoms with Crippen molar-refractivity contribution in [2.45, 2.75) is 19.3 Å². The summed E-state index contributed by atoms with van der Waals surface area (Å²) in [6, 6.07) is 6.25. The molecule has 1 heterocycles. The van der Waals surface area contributed by atoms with Crippen LogP contribution >= 0.6 is 15.9 Å². The molecule has 1 aromatic carbocycles. The number of fused-ring (bicyclic) bond motifs is 1. The first-order valence-electron chi connectivity index (χ1n) is 5.62. The molecule has 0 radical (unpaired) electrons. The fourth-order valence-electron chi connectivity index (χ4n) is 2.17. The molecule has 2 aliphatic rings. The first-order chi connectivity index (χ1) is 8.72. The van der Waals surface area contributed by atoms with E-state index < -0.39 is 11.3 Å². The molecule has 1 N–H and O–H groups in total. The molecule has 0 saturated carbocycles. The van der Waals surface area contributed by atoms with E-state index in [1.165, 1.54) is 16.7 Å². The van der Waals surface area contributed by atoms with E-state index in [1.54, 1.807) is 0 Å². The van der Waals surface area contributed by atoms with E-state index in [0.29, 0.717) is 12.3 Å². The predicted molar refractivity (Wildman–Crippen MR) is 74.9 cm³/mol. The summed E-state index contributed by atoms with van der Waals surface area (Å²) in [5.74, 6) is 0.634. The van der Waals surface area contributed by atoms with Crippen LogP contribution in [-0.2, 0) is 22.0 Å². The van der Waals surface area contributed by atoms with Crippen LogP contribution in [0.2, 0.25) is 0 Å². The molecule has 1 atom stereocenters. The molecule has 4 nitrogen and oxygen atoms in total. The predicted octanol–water partition coefficient (Wildman–Crippen LogP) is 2.68. The van der Waals surface area contributed by atoms with Gasteiger partial charge in [-0.2, -0.15) is 4.28 Å². The summed E-state index contributed by atoms with van der Waals surface area (Å²) in [5.41, 5.74) is 6.45. The fraction of sp³-hybridized carbons (Fsp3) is 0.250. The van der Waals surface area contributed by atoms with Crippen molar-refractivity contribution in [2.75, 3.05) is 0 Å². The highest BCUT2D eigenvalue weighted by atomic mass is 79.9. The van der Waals surface area contributed by atoms with Gasteiger partial charge in [0.2, 0.25) is 0 Å². The number of aryl methyl sites for hydroxylation is 1. The molecule has 1 unspecified atom stereocenters. The van der Waals surface area contributed by atoms with Crippen LogP contribution in [0.5, 0.6) is 0 Å². The average molecular weight is 327 g/mol. The number of halogens is 1.